The van der Waals surface area contributed by atoms with Gasteiger partial charge in [-0.25, -0.2) is 19.4 Å². The van der Waals surface area contributed by atoms with Crippen molar-refractivity contribution >= 4 is 34.2 Å². The zero-order chi connectivity index (χ0) is 24.3. The monoisotopic (exact) mass is 471 g/mol. The standard InChI is InChI=1S/C25H22FN7O2/c1-13-8-17(9-20-22(13)28-11-34-20)21-23(16-4-6-18(26)7-5-16)30-25(27)33-12-32(31-24(21)33)10-19-14(2)35-15(3)29-19/h4-9,11H,10,12H2,1-3H3,(H2,27,30). The van der Waals surface area contributed by atoms with Crippen molar-refractivity contribution in [1.82, 2.24) is 19.9 Å². The number of nitrogens with two attached hydrogens (primary N) is 1. The van der Waals surface area contributed by atoms with Gasteiger partial charge in [-0.05, 0) is 61.4 Å². The molecule has 2 N–H and O–H groups in total. The van der Waals surface area contributed by atoms with Crippen LogP contribution in [0.4, 0.5) is 4.39 Å². The van der Waals surface area contributed by atoms with Crippen LogP contribution in [-0.4, -0.2) is 38.3 Å². The second-order valence-corrected chi connectivity index (χ2v) is 8.59. The molecule has 0 bridgehead atoms. The number of rotatable bonds is 4. The molecular weight excluding hydrogens is 449 g/mol. The average molecular weight is 471 g/mol. The van der Waals surface area contributed by atoms with Crippen molar-refractivity contribution in [2.75, 3.05) is 6.67 Å². The number of nitrogens with zero attached hydrogens (tertiary/aromatic N) is 6. The minimum Gasteiger partial charge on any atom is -0.446 e. The molecule has 9 nitrogen and oxygen atoms in total. The molecule has 0 unspecified atom stereocenters. The van der Waals surface area contributed by atoms with E-state index in [2.05, 4.69) is 9.97 Å². The van der Waals surface area contributed by atoms with Crippen LogP contribution in [0.15, 0.2) is 61.7 Å². The van der Waals surface area contributed by atoms with Gasteiger partial charge in [0.2, 0.25) is 5.96 Å². The fourth-order valence-corrected chi connectivity index (χ4v) is 4.49. The minimum absolute atomic E-state index is 0.305. The molecule has 0 radical (unpaired) electrons. The molecule has 2 aliphatic rings. The highest BCUT2D eigenvalue weighted by molar-refractivity contribution is 6.35. The number of aryl methyl sites for hydroxylation is 3. The van der Waals surface area contributed by atoms with Gasteiger partial charge in [0, 0.05) is 12.5 Å². The fourth-order valence-electron chi connectivity index (χ4n) is 4.49. The predicted molar refractivity (Wildman–Crippen MR) is 129 cm³/mol. The van der Waals surface area contributed by atoms with E-state index < -0.39 is 0 Å². The van der Waals surface area contributed by atoms with E-state index in [-0.39, 0.29) is 5.82 Å². The number of amidine groups is 1. The summed E-state index contributed by atoms with van der Waals surface area (Å²) < 4.78 is 24.9. The van der Waals surface area contributed by atoms with Crippen molar-refractivity contribution < 1.29 is 13.2 Å². The van der Waals surface area contributed by atoms with E-state index in [9.17, 15) is 4.39 Å². The van der Waals surface area contributed by atoms with Gasteiger partial charge in [0.05, 0.1) is 17.8 Å². The molecule has 0 saturated heterocycles. The first-order valence-corrected chi connectivity index (χ1v) is 11.1. The lowest BCUT2D eigenvalue weighted by atomic mass is 9.95. The Morgan fingerprint density at radius 3 is 2.63 bits per heavy atom. The smallest absolute Gasteiger partial charge is 0.203 e. The van der Waals surface area contributed by atoms with Crippen LogP contribution in [0.25, 0.3) is 22.4 Å². The van der Waals surface area contributed by atoms with Crippen molar-refractivity contribution in [1.29, 1.82) is 0 Å². The van der Waals surface area contributed by atoms with Crippen molar-refractivity contribution in [3.63, 3.8) is 0 Å². The number of hydrogen-bond donors (Lipinski definition) is 1. The second kappa shape index (κ2) is 7.79. The number of guanidine groups is 1. The molecule has 0 atom stereocenters. The summed E-state index contributed by atoms with van der Waals surface area (Å²) in [6, 6.07) is 10.1. The van der Waals surface area contributed by atoms with Gasteiger partial charge in [0.1, 0.15) is 29.5 Å². The fraction of sp³-hybridized carbons (Fsp3) is 0.200. The first kappa shape index (κ1) is 21.1. The number of halogens is 1. The Morgan fingerprint density at radius 1 is 1.09 bits per heavy atom. The summed E-state index contributed by atoms with van der Waals surface area (Å²) in [5, 5.41) is 6.78. The quantitative estimate of drug-likeness (QED) is 0.476. The first-order valence-electron chi connectivity index (χ1n) is 11.1. The molecule has 2 aromatic heterocycles. The number of oxazole rings is 2. The van der Waals surface area contributed by atoms with Crippen LogP contribution in [0.5, 0.6) is 0 Å². The number of fused-ring (bicyclic) bond motifs is 2. The van der Waals surface area contributed by atoms with Crippen molar-refractivity contribution in [2.45, 2.75) is 27.3 Å². The topological polar surface area (TPSA) is 109 Å². The molecule has 6 rings (SSSR count). The van der Waals surface area contributed by atoms with Crippen LogP contribution in [-0.2, 0) is 6.54 Å². The summed E-state index contributed by atoms with van der Waals surface area (Å²) >= 11 is 0. The van der Waals surface area contributed by atoms with Crippen LogP contribution in [0, 0.1) is 26.6 Å². The van der Waals surface area contributed by atoms with Gasteiger partial charge in [0.15, 0.2) is 23.7 Å². The third-order valence-electron chi connectivity index (χ3n) is 6.12. The lowest BCUT2D eigenvalue weighted by Crippen LogP contribution is -2.44. The van der Waals surface area contributed by atoms with Crippen molar-refractivity contribution in [2.24, 2.45) is 15.8 Å². The predicted octanol–water partition coefficient (Wildman–Crippen LogP) is 4.17. The van der Waals surface area contributed by atoms with Crippen LogP contribution in [0.2, 0.25) is 0 Å². The van der Waals surface area contributed by atoms with Crippen LogP contribution < -0.4 is 5.73 Å². The van der Waals surface area contributed by atoms with Crippen LogP contribution in [0.1, 0.15) is 34.0 Å². The molecule has 4 heterocycles. The molecule has 0 saturated carbocycles. The van der Waals surface area contributed by atoms with E-state index in [4.69, 9.17) is 24.7 Å². The molecule has 4 aromatic rings. The number of hydrazone groups is 1. The molecule has 0 aliphatic carbocycles. The Labute approximate surface area is 200 Å². The number of benzene rings is 2. The highest BCUT2D eigenvalue weighted by Gasteiger charge is 2.35. The number of hydrogen-bond acceptors (Lipinski definition) is 9. The van der Waals surface area contributed by atoms with E-state index in [1.54, 1.807) is 12.1 Å². The molecular formula is C25H22FN7O2. The summed E-state index contributed by atoms with van der Waals surface area (Å²) in [6.07, 6.45) is 1.43. The summed E-state index contributed by atoms with van der Waals surface area (Å²) in [6.45, 7) is 6.53. The Kier molecular flexibility index (Phi) is 4.70. The second-order valence-electron chi connectivity index (χ2n) is 8.59. The zero-order valence-electron chi connectivity index (χ0n) is 19.4. The molecule has 0 amide bonds. The summed E-state index contributed by atoms with van der Waals surface area (Å²) in [5.41, 5.74) is 12.6. The average Bonchev–Trinajstić information content (AvgIpc) is 3.53. The molecule has 2 aliphatic heterocycles. The molecule has 2 aromatic carbocycles. The van der Waals surface area contributed by atoms with Gasteiger partial charge in [-0.1, -0.05) is 0 Å². The van der Waals surface area contributed by atoms with Crippen molar-refractivity contribution in [3.8, 4) is 0 Å². The highest BCUT2D eigenvalue weighted by atomic mass is 19.1. The van der Waals surface area contributed by atoms with Gasteiger partial charge in [-0.2, -0.15) is 5.10 Å². The van der Waals surface area contributed by atoms with Gasteiger partial charge >= 0.3 is 0 Å². The first-order chi connectivity index (χ1) is 16.9. The maximum atomic E-state index is 13.7. The largest absolute Gasteiger partial charge is 0.446 e. The lowest BCUT2D eigenvalue weighted by molar-refractivity contribution is 0.259. The summed E-state index contributed by atoms with van der Waals surface area (Å²) in [4.78, 5) is 15.4. The minimum atomic E-state index is -0.327. The zero-order valence-corrected chi connectivity index (χ0v) is 19.4. The Bertz CT molecular complexity index is 1560. The van der Waals surface area contributed by atoms with Gasteiger partial charge < -0.3 is 14.6 Å². The van der Waals surface area contributed by atoms with E-state index in [0.717, 1.165) is 39.2 Å². The SMILES string of the molecule is Cc1nc(CN2CN3C(N)=NC(c4ccc(F)cc4)=C(c4cc(C)c5ncoc5c4)C3=N2)c(C)o1. The Morgan fingerprint density at radius 2 is 1.89 bits per heavy atom. The normalized spacial score (nSPS) is 15.7. The molecule has 0 spiro atoms. The van der Waals surface area contributed by atoms with E-state index in [1.807, 2.05) is 42.8 Å². The van der Waals surface area contributed by atoms with Gasteiger partial charge in [-0.15, -0.1) is 0 Å². The Hall–Kier alpha value is -4.47. The number of aliphatic imine (C=N–C) groups is 1. The molecule has 35 heavy (non-hydrogen) atoms. The summed E-state index contributed by atoms with van der Waals surface area (Å²) in [5.74, 6) is 1.99. The van der Waals surface area contributed by atoms with Crippen LogP contribution in [0.3, 0.4) is 0 Å². The van der Waals surface area contributed by atoms with Crippen LogP contribution >= 0.6 is 0 Å². The Balaban J connectivity index is 1.53. The third kappa shape index (κ3) is 3.54. The highest BCUT2D eigenvalue weighted by Crippen LogP contribution is 2.37. The third-order valence-corrected chi connectivity index (χ3v) is 6.12. The lowest BCUT2D eigenvalue weighted by Gasteiger charge is -2.27. The maximum absolute atomic E-state index is 13.7. The van der Waals surface area contributed by atoms with E-state index >= 15 is 0 Å². The number of aromatic nitrogens is 2. The summed E-state index contributed by atoms with van der Waals surface area (Å²) in [7, 11) is 0. The van der Waals surface area contributed by atoms with Crippen molar-refractivity contribution in [3.05, 3.63) is 82.6 Å². The van der Waals surface area contributed by atoms with Gasteiger partial charge in [-0.3, -0.25) is 9.91 Å². The van der Waals surface area contributed by atoms with Gasteiger partial charge in [0.25, 0.3) is 0 Å². The molecule has 10 heteroatoms. The van der Waals surface area contributed by atoms with E-state index in [0.29, 0.717) is 42.2 Å². The molecule has 0 fully saturated rings. The van der Waals surface area contributed by atoms with E-state index in [1.165, 1.54) is 18.5 Å². The molecule has 176 valence electrons. The maximum Gasteiger partial charge on any atom is 0.203 e.